The second-order valence-electron chi connectivity index (χ2n) is 5.05. The van der Waals surface area contributed by atoms with E-state index in [4.69, 9.17) is 11.2 Å². The van der Waals surface area contributed by atoms with Gasteiger partial charge in [0.05, 0.1) is 6.04 Å². The second kappa shape index (κ2) is 6.87. The number of carbonyl (C=O) groups excluding carboxylic acids is 2. The Kier molecular flexibility index (Phi) is 5.13. The fourth-order valence-electron chi connectivity index (χ4n) is 2.17. The third kappa shape index (κ3) is 4.04. The molecule has 0 aromatic heterocycles. The van der Waals surface area contributed by atoms with Gasteiger partial charge >= 0.3 is 7.59 Å². The first-order valence-corrected chi connectivity index (χ1v) is 8.64. The lowest BCUT2D eigenvalue weighted by Gasteiger charge is -2.34. The summed E-state index contributed by atoms with van der Waals surface area (Å²) in [4.78, 5) is 23.8. The van der Waals surface area contributed by atoms with Crippen molar-refractivity contribution in [2.75, 3.05) is 6.54 Å². The molecule has 0 radical (unpaired) electrons. The molecule has 1 saturated heterocycles. The average Bonchev–Trinajstić information content (AvgIpc) is 2.48. The van der Waals surface area contributed by atoms with Crippen LogP contribution in [0.15, 0.2) is 36.4 Å². The van der Waals surface area contributed by atoms with E-state index in [0.29, 0.717) is 12.8 Å². The standard InChI is InChI=1S/C14H19N4O3P/c15-12-7-4-10-18(14(12)20)22(16,21)17-13(19)9-8-11-5-2-1-3-6-11/h1-3,5-6,8-9,12H,4,7,10,15H2,(H3,16,17,19,21)/t12-,22?/m0/s1. The van der Waals surface area contributed by atoms with Crippen LogP contribution >= 0.6 is 7.59 Å². The van der Waals surface area contributed by atoms with E-state index in [1.165, 1.54) is 6.08 Å². The zero-order valence-corrected chi connectivity index (χ0v) is 12.9. The summed E-state index contributed by atoms with van der Waals surface area (Å²) in [6.45, 7) is 0.225. The number of nitrogens with zero attached hydrogens (tertiary/aromatic N) is 1. The van der Waals surface area contributed by atoms with Gasteiger partial charge in [0.15, 0.2) is 0 Å². The predicted octanol–water partition coefficient (Wildman–Crippen LogP) is 0.832. The minimum Gasteiger partial charge on any atom is -0.320 e. The van der Waals surface area contributed by atoms with Crippen molar-refractivity contribution >= 4 is 25.5 Å². The molecule has 22 heavy (non-hydrogen) atoms. The van der Waals surface area contributed by atoms with E-state index in [0.717, 1.165) is 10.2 Å². The minimum absolute atomic E-state index is 0.225. The first-order chi connectivity index (χ1) is 10.4. The molecule has 0 bridgehead atoms. The molecule has 1 aromatic rings. The number of piperidine rings is 1. The number of carbonyl (C=O) groups is 2. The van der Waals surface area contributed by atoms with Crippen LogP contribution in [0.2, 0.25) is 0 Å². The molecule has 1 aromatic carbocycles. The zero-order chi connectivity index (χ0) is 16.2. The molecule has 1 fully saturated rings. The van der Waals surface area contributed by atoms with Crippen LogP contribution in [0.25, 0.3) is 6.08 Å². The summed E-state index contributed by atoms with van der Waals surface area (Å²) in [5, 5.41) is 2.20. The maximum atomic E-state index is 12.4. The SMILES string of the molecule is N[C@H]1CCCN(P(N)(=O)NC(=O)C=Cc2ccccc2)C1=O. The Bertz CT molecular complexity index is 632. The van der Waals surface area contributed by atoms with Crippen LogP contribution in [0, 0.1) is 0 Å². The maximum Gasteiger partial charge on any atom is 0.332 e. The van der Waals surface area contributed by atoms with Crippen molar-refractivity contribution in [1.29, 1.82) is 0 Å². The summed E-state index contributed by atoms with van der Waals surface area (Å²) in [7, 11) is -3.79. The lowest BCUT2D eigenvalue weighted by atomic mass is 10.1. The minimum atomic E-state index is -3.79. The number of nitrogens with one attached hydrogen (secondary N) is 1. The van der Waals surface area contributed by atoms with Crippen LogP contribution in [0.5, 0.6) is 0 Å². The second-order valence-corrected chi connectivity index (χ2v) is 7.01. The van der Waals surface area contributed by atoms with Crippen LogP contribution in [-0.4, -0.2) is 29.1 Å². The van der Waals surface area contributed by atoms with Gasteiger partial charge in [-0.3, -0.25) is 23.9 Å². The van der Waals surface area contributed by atoms with E-state index < -0.39 is 25.5 Å². The Balaban J connectivity index is 2.02. The monoisotopic (exact) mass is 322 g/mol. The Morgan fingerprint density at radius 1 is 1.36 bits per heavy atom. The van der Waals surface area contributed by atoms with Gasteiger partial charge in [-0.1, -0.05) is 30.3 Å². The normalized spacial score (nSPS) is 21.6. The van der Waals surface area contributed by atoms with Crippen LogP contribution in [0.4, 0.5) is 0 Å². The molecular weight excluding hydrogens is 303 g/mol. The van der Waals surface area contributed by atoms with Crippen LogP contribution in [0.1, 0.15) is 18.4 Å². The predicted molar refractivity (Wildman–Crippen MR) is 84.3 cm³/mol. The molecule has 5 N–H and O–H groups in total. The molecule has 8 heteroatoms. The lowest BCUT2D eigenvalue weighted by Crippen LogP contribution is -2.50. The molecule has 1 unspecified atom stereocenters. The Hall–Kier alpha value is -1.95. The van der Waals surface area contributed by atoms with Crippen molar-refractivity contribution in [2.45, 2.75) is 18.9 Å². The van der Waals surface area contributed by atoms with Gasteiger partial charge in [-0.25, -0.2) is 5.50 Å². The number of hydrogen-bond donors (Lipinski definition) is 3. The molecule has 2 atom stereocenters. The van der Waals surface area contributed by atoms with E-state index in [1.54, 1.807) is 6.08 Å². The molecular formula is C14H19N4O3P. The van der Waals surface area contributed by atoms with Gasteiger partial charge in [0.25, 0.3) is 5.91 Å². The van der Waals surface area contributed by atoms with E-state index in [2.05, 4.69) is 5.09 Å². The molecule has 2 amide bonds. The Morgan fingerprint density at radius 2 is 2.05 bits per heavy atom. The van der Waals surface area contributed by atoms with Crippen molar-refractivity contribution < 1.29 is 14.2 Å². The average molecular weight is 322 g/mol. The van der Waals surface area contributed by atoms with Crippen LogP contribution < -0.4 is 16.3 Å². The van der Waals surface area contributed by atoms with Crippen molar-refractivity contribution in [3.05, 3.63) is 42.0 Å². The van der Waals surface area contributed by atoms with Gasteiger partial charge in [-0.2, -0.15) is 0 Å². The molecule has 1 aliphatic rings. The van der Waals surface area contributed by atoms with Crippen LogP contribution in [0.3, 0.4) is 0 Å². The summed E-state index contributed by atoms with van der Waals surface area (Å²) >= 11 is 0. The Labute approximate surface area is 128 Å². The summed E-state index contributed by atoms with van der Waals surface area (Å²) in [6.07, 6.45) is 3.92. The summed E-state index contributed by atoms with van der Waals surface area (Å²) in [5.74, 6) is -1.12. The molecule has 0 spiro atoms. The number of benzene rings is 1. The Morgan fingerprint density at radius 3 is 2.73 bits per heavy atom. The molecule has 2 rings (SSSR count). The third-order valence-electron chi connectivity index (χ3n) is 3.31. The van der Waals surface area contributed by atoms with Crippen LogP contribution in [-0.2, 0) is 14.2 Å². The number of nitrogens with two attached hydrogens (primary N) is 2. The lowest BCUT2D eigenvalue weighted by molar-refractivity contribution is -0.129. The highest BCUT2D eigenvalue weighted by molar-refractivity contribution is 7.58. The maximum absolute atomic E-state index is 12.4. The first kappa shape index (κ1) is 16.4. The van der Waals surface area contributed by atoms with Gasteiger partial charge < -0.3 is 5.73 Å². The molecule has 1 aliphatic heterocycles. The van der Waals surface area contributed by atoms with Crippen molar-refractivity contribution in [1.82, 2.24) is 9.76 Å². The highest BCUT2D eigenvalue weighted by Crippen LogP contribution is 2.39. The molecule has 118 valence electrons. The number of amides is 2. The van der Waals surface area contributed by atoms with Gasteiger partial charge in [0.1, 0.15) is 0 Å². The molecule has 7 nitrogen and oxygen atoms in total. The van der Waals surface area contributed by atoms with Gasteiger partial charge in [-0.15, -0.1) is 0 Å². The summed E-state index contributed by atoms with van der Waals surface area (Å²) in [5.41, 5.74) is 12.1. The fourth-order valence-corrected chi connectivity index (χ4v) is 3.56. The molecule has 0 saturated carbocycles. The zero-order valence-electron chi connectivity index (χ0n) is 12.0. The number of hydrogen-bond acceptors (Lipinski definition) is 4. The molecule has 1 heterocycles. The van der Waals surface area contributed by atoms with Gasteiger partial charge in [0.2, 0.25) is 5.91 Å². The first-order valence-electron chi connectivity index (χ1n) is 6.91. The summed E-state index contributed by atoms with van der Waals surface area (Å²) < 4.78 is 13.4. The van der Waals surface area contributed by atoms with E-state index in [-0.39, 0.29) is 6.54 Å². The van der Waals surface area contributed by atoms with Crippen molar-refractivity contribution in [3.63, 3.8) is 0 Å². The fraction of sp³-hybridized carbons (Fsp3) is 0.286. The third-order valence-corrected chi connectivity index (χ3v) is 4.97. The van der Waals surface area contributed by atoms with E-state index >= 15 is 0 Å². The highest BCUT2D eigenvalue weighted by atomic mass is 31.2. The quantitative estimate of drug-likeness (QED) is 0.560. The topological polar surface area (TPSA) is 119 Å². The largest absolute Gasteiger partial charge is 0.332 e. The summed E-state index contributed by atoms with van der Waals surface area (Å²) in [6, 6.07) is 8.44. The smallest absolute Gasteiger partial charge is 0.320 e. The van der Waals surface area contributed by atoms with E-state index in [9.17, 15) is 14.2 Å². The highest BCUT2D eigenvalue weighted by Gasteiger charge is 2.37. The van der Waals surface area contributed by atoms with Gasteiger partial charge in [-0.05, 0) is 24.5 Å². The van der Waals surface area contributed by atoms with E-state index in [1.807, 2.05) is 30.3 Å². The number of rotatable bonds is 4. The van der Waals surface area contributed by atoms with Crippen molar-refractivity contribution in [3.8, 4) is 0 Å². The molecule has 0 aliphatic carbocycles. The van der Waals surface area contributed by atoms with Crippen molar-refractivity contribution in [2.24, 2.45) is 11.2 Å². The van der Waals surface area contributed by atoms with Gasteiger partial charge in [0, 0.05) is 12.6 Å².